The molecule has 1 saturated carbocycles. The van der Waals surface area contributed by atoms with Crippen molar-refractivity contribution >= 4 is 5.91 Å². The van der Waals surface area contributed by atoms with E-state index in [1.165, 1.54) is 19.3 Å². The minimum Gasteiger partial charge on any atom is -0.340 e. The molecule has 1 aliphatic carbocycles. The smallest absolute Gasteiger partial charge is 0.223 e. The third kappa shape index (κ3) is 2.40. The van der Waals surface area contributed by atoms with Gasteiger partial charge in [-0.2, -0.15) is 0 Å². The van der Waals surface area contributed by atoms with Crippen molar-refractivity contribution in [3.63, 3.8) is 0 Å². The Hall–Kier alpha value is -0.570. The summed E-state index contributed by atoms with van der Waals surface area (Å²) in [6, 6.07) is 0.775. The molecule has 0 aromatic carbocycles. The number of hydrogen-bond acceptors (Lipinski definition) is 2. The molecule has 1 amide bonds. The molecule has 92 valence electrons. The molecule has 3 nitrogen and oxygen atoms in total. The van der Waals surface area contributed by atoms with Gasteiger partial charge in [-0.1, -0.05) is 13.3 Å². The van der Waals surface area contributed by atoms with Gasteiger partial charge in [-0.05, 0) is 38.0 Å². The molecule has 16 heavy (non-hydrogen) atoms. The number of carbonyl (C=O) groups is 1. The summed E-state index contributed by atoms with van der Waals surface area (Å²) in [5.41, 5.74) is 6.02. The van der Waals surface area contributed by atoms with Crippen LogP contribution < -0.4 is 5.73 Å². The maximum Gasteiger partial charge on any atom is 0.223 e. The van der Waals surface area contributed by atoms with Crippen LogP contribution in [-0.2, 0) is 4.79 Å². The van der Waals surface area contributed by atoms with E-state index in [9.17, 15) is 4.79 Å². The van der Waals surface area contributed by atoms with Crippen molar-refractivity contribution in [2.24, 2.45) is 11.7 Å². The van der Waals surface area contributed by atoms with Gasteiger partial charge in [-0.3, -0.25) is 4.79 Å². The van der Waals surface area contributed by atoms with Crippen LogP contribution in [0.1, 0.15) is 51.9 Å². The van der Waals surface area contributed by atoms with Gasteiger partial charge in [0.15, 0.2) is 0 Å². The summed E-state index contributed by atoms with van der Waals surface area (Å²) in [6.07, 6.45) is 7.63. The third-order valence-electron chi connectivity index (χ3n) is 4.32. The van der Waals surface area contributed by atoms with E-state index in [0.29, 0.717) is 24.3 Å². The number of rotatable bonds is 3. The molecule has 0 spiro atoms. The molecule has 2 aliphatic rings. The van der Waals surface area contributed by atoms with Crippen LogP contribution in [0.25, 0.3) is 0 Å². The van der Waals surface area contributed by atoms with Crippen LogP contribution in [0, 0.1) is 5.92 Å². The molecular formula is C13H24N2O. The summed E-state index contributed by atoms with van der Waals surface area (Å²) in [5.74, 6) is 0.803. The normalized spacial score (nSPS) is 34.6. The van der Waals surface area contributed by atoms with Crippen LogP contribution in [0.4, 0.5) is 0 Å². The number of likely N-dealkylation sites (tertiary alicyclic amines) is 1. The molecule has 3 heteroatoms. The highest BCUT2D eigenvalue weighted by Gasteiger charge is 2.31. The summed E-state index contributed by atoms with van der Waals surface area (Å²) in [6.45, 7) is 3.15. The second-order valence-electron chi connectivity index (χ2n) is 5.35. The lowest BCUT2D eigenvalue weighted by atomic mass is 9.99. The van der Waals surface area contributed by atoms with Gasteiger partial charge < -0.3 is 10.6 Å². The Morgan fingerprint density at radius 2 is 2.12 bits per heavy atom. The Balaban J connectivity index is 1.87. The minimum atomic E-state index is 0.270. The first-order valence-corrected chi connectivity index (χ1v) is 6.77. The number of nitrogens with two attached hydrogens (primary N) is 1. The minimum absolute atomic E-state index is 0.270. The van der Waals surface area contributed by atoms with Gasteiger partial charge in [0, 0.05) is 25.0 Å². The Morgan fingerprint density at radius 1 is 1.31 bits per heavy atom. The molecule has 1 unspecified atom stereocenters. The summed E-state index contributed by atoms with van der Waals surface area (Å²) in [5, 5.41) is 0. The summed E-state index contributed by atoms with van der Waals surface area (Å²) >= 11 is 0. The van der Waals surface area contributed by atoms with Gasteiger partial charge in [0.25, 0.3) is 0 Å². The van der Waals surface area contributed by atoms with Gasteiger partial charge in [0.05, 0.1) is 0 Å². The fraction of sp³-hybridized carbons (Fsp3) is 0.923. The lowest BCUT2D eigenvalue weighted by Crippen LogP contribution is -2.38. The molecular weight excluding hydrogens is 200 g/mol. The number of amides is 1. The van der Waals surface area contributed by atoms with Crippen molar-refractivity contribution in [2.75, 3.05) is 6.54 Å². The van der Waals surface area contributed by atoms with E-state index < -0.39 is 0 Å². The van der Waals surface area contributed by atoms with Crippen molar-refractivity contribution in [3.05, 3.63) is 0 Å². The Morgan fingerprint density at radius 3 is 2.75 bits per heavy atom. The summed E-state index contributed by atoms with van der Waals surface area (Å²) < 4.78 is 0. The van der Waals surface area contributed by atoms with Crippen LogP contribution in [0.5, 0.6) is 0 Å². The average molecular weight is 224 g/mol. The molecule has 0 bridgehead atoms. The molecule has 1 saturated heterocycles. The van der Waals surface area contributed by atoms with Crippen LogP contribution in [-0.4, -0.2) is 29.4 Å². The lowest BCUT2D eigenvalue weighted by Gasteiger charge is -2.26. The standard InChI is InChI=1S/C13H24N2O/c1-2-11-6-4-8-15(11)13(16)9-10-5-3-7-12(10)14/h10-12H,2-9,14H2,1H3/t10-,11?,12+/m0/s1. The zero-order valence-electron chi connectivity index (χ0n) is 10.3. The maximum absolute atomic E-state index is 12.2. The summed E-state index contributed by atoms with van der Waals surface area (Å²) in [4.78, 5) is 14.3. The predicted octanol–water partition coefficient (Wildman–Crippen LogP) is 1.90. The zero-order valence-corrected chi connectivity index (χ0v) is 10.3. The molecule has 3 atom stereocenters. The Kier molecular flexibility index (Phi) is 3.85. The van der Waals surface area contributed by atoms with Crippen LogP contribution >= 0.6 is 0 Å². The van der Waals surface area contributed by atoms with Crippen LogP contribution in [0.2, 0.25) is 0 Å². The highest BCUT2D eigenvalue weighted by molar-refractivity contribution is 5.77. The molecule has 0 radical (unpaired) electrons. The maximum atomic E-state index is 12.2. The SMILES string of the molecule is CCC1CCCN1C(=O)C[C@@H]1CCC[C@H]1N. The average Bonchev–Trinajstić information content (AvgIpc) is 2.87. The van der Waals surface area contributed by atoms with Crippen LogP contribution in [0.15, 0.2) is 0 Å². The fourth-order valence-electron chi connectivity index (χ4n) is 3.25. The fourth-order valence-corrected chi connectivity index (χ4v) is 3.25. The van der Waals surface area contributed by atoms with E-state index in [0.717, 1.165) is 25.8 Å². The van der Waals surface area contributed by atoms with E-state index in [4.69, 9.17) is 5.73 Å². The van der Waals surface area contributed by atoms with Gasteiger partial charge in [-0.25, -0.2) is 0 Å². The molecule has 2 rings (SSSR count). The number of nitrogens with zero attached hydrogens (tertiary/aromatic N) is 1. The first kappa shape index (κ1) is 11.9. The predicted molar refractivity (Wildman–Crippen MR) is 65.0 cm³/mol. The monoisotopic (exact) mass is 224 g/mol. The van der Waals surface area contributed by atoms with Crippen molar-refractivity contribution in [1.29, 1.82) is 0 Å². The zero-order chi connectivity index (χ0) is 11.5. The van der Waals surface area contributed by atoms with Crippen molar-refractivity contribution < 1.29 is 4.79 Å². The number of carbonyl (C=O) groups excluding carboxylic acids is 1. The largest absolute Gasteiger partial charge is 0.340 e. The van der Waals surface area contributed by atoms with Crippen LogP contribution in [0.3, 0.4) is 0 Å². The topological polar surface area (TPSA) is 46.3 Å². The lowest BCUT2D eigenvalue weighted by molar-refractivity contribution is -0.133. The first-order valence-electron chi connectivity index (χ1n) is 6.77. The van der Waals surface area contributed by atoms with E-state index >= 15 is 0 Å². The quantitative estimate of drug-likeness (QED) is 0.796. The molecule has 2 fully saturated rings. The summed E-state index contributed by atoms with van der Waals surface area (Å²) in [7, 11) is 0. The number of hydrogen-bond donors (Lipinski definition) is 1. The van der Waals surface area contributed by atoms with E-state index in [1.54, 1.807) is 0 Å². The second-order valence-corrected chi connectivity index (χ2v) is 5.35. The van der Waals surface area contributed by atoms with E-state index in [1.807, 2.05) is 0 Å². The van der Waals surface area contributed by atoms with Gasteiger partial charge in [0.1, 0.15) is 0 Å². The Labute approximate surface area is 98.4 Å². The highest BCUT2D eigenvalue weighted by Crippen LogP contribution is 2.29. The molecule has 1 aliphatic heterocycles. The first-order chi connectivity index (χ1) is 7.72. The highest BCUT2D eigenvalue weighted by atomic mass is 16.2. The third-order valence-corrected chi connectivity index (χ3v) is 4.32. The molecule has 2 N–H and O–H groups in total. The van der Waals surface area contributed by atoms with Crippen molar-refractivity contribution in [3.8, 4) is 0 Å². The van der Waals surface area contributed by atoms with Gasteiger partial charge in [0.2, 0.25) is 5.91 Å². The second kappa shape index (κ2) is 5.17. The van der Waals surface area contributed by atoms with Gasteiger partial charge >= 0.3 is 0 Å². The molecule has 0 aromatic rings. The van der Waals surface area contributed by atoms with E-state index in [2.05, 4.69) is 11.8 Å². The molecule has 0 aromatic heterocycles. The Bertz CT molecular complexity index is 254. The van der Waals surface area contributed by atoms with Crippen molar-refractivity contribution in [2.45, 2.75) is 64.0 Å². The van der Waals surface area contributed by atoms with E-state index in [-0.39, 0.29) is 6.04 Å². The van der Waals surface area contributed by atoms with Gasteiger partial charge in [-0.15, -0.1) is 0 Å². The molecule has 1 heterocycles. The van der Waals surface area contributed by atoms with Crippen molar-refractivity contribution in [1.82, 2.24) is 4.90 Å².